The second kappa shape index (κ2) is 27.0. The second-order valence-corrected chi connectivity index (χ2v) is 13.9. The zero-order valence-corrected chi connectivity index (χ0v) is 33.5. The third-order valence-electron chi connectivity index (χ3n) is 9.53. The Bertz CT molecular complexity index is 1600. The Morgan fingerprint density at radius 1 is 0.673 bits per heavy atom. The molecule has 0 aliphatic heterocycles. The van der Waals surface area contributed by atoms with E-state index in [9.17, 15) is 14.9 Å². The molecule has 0 aromatic heterocycles. The number of unbranched alkanes of at least 4 members (excludes halogenated alkanes) is 15. The molecule has 1 atom stereocenters. The molecule has 3 aromatic rings. The van der Waals surface area contributed by atoms with Crippen LogP contribution >= 0.6 is 0 Å². The maximum absolute atomic E-state index is 12.2. The Kier molecular flexibility index (Phi) is 21.9. The van der Waals surface area contributed by atoms with Crippen molar-refractivity contribution in [2.75, 3.05) is 27.4 Å². The lowest BCUT2D eigenvalue weighted by molar-refractivity contribution is -0.384. The van der Waals surface area contributed by atoms with Gasteiger partial charge in [-0.15, -0.1) is 10.2 Å². The number of rotatable bonds is 29. The van der Waals surface area contributed by atoms with Crippen molar-refractivity contribution in [2.45, 2.75) is 129 Å². The number of carbonyl (C=O) groups excluding carboxylic acids is 1. The van der Waals surface area contributed by atoms with Gasteiger partial charge in [0.25, 0.3) is 5.69 Å². The van der Waals surface area contributed by atoms with Crippen molar-refractivity contribution in [2.24, 2.45) is 20.5 Å². The number of nitrogens with zero attached hydrogens (tertiary/aromatic N) is 5. The molecule has 55 heavy (non-hydrogen) atoms. The second-order valence-electron chi connectivity index (χ2n) is 13.9. The highest BCUT2D eigenvalue weighted by atomic mass is 16.6. The fourth-order valence-electron chi connectivity index (χ4n) is 6.16. The van der Waals surface area contributed by atoms with Crippen LogP contribution < -0.4 is 14.8 Å². The number of methoxy groups -OCH3 is 2. The normalized spacial score (nSPS) is 12.0. The predicted molar refractivity (Wildman–Crippen MR) is 219 cm³/mol. The molecule has 0 bridgehead atoms. The number of hydrogen-bond donors (Lipinski definition) is 1. The molecule has 3 rings (SSSR count). The monoisotopic (exact) mass is 758 g/mol. The first-order chi connectivity index (χ1) is 26.8. The van der Waals surface area contributed by atoms with Crippen LogP contribution in [-0.4, -0.2) is 38.3 Å². The van der Waals surface area contributed by atoms with Crippen LogP contribution in [0.3, 0.4) is 0 Å². The lowest BCUT2D eigenvalue weighted by Gasteiger charge is -2.14. The molecule has 0 spiro atoms. The number of carbonyl (C=O) groups is 1. The SMILES string of the molecule is CCCCCCCCCCCCCCCCCCC(=O)OCCNC(C)c1ccc(/N=N/c2cc(OC)c(/N=N/c3ccc([N+](=O)[O-])cc3)cc2OC)cc1. The van der Waals surface area contributed by atoms with Crippen LogP contribution in [0.1, 0.15) is 135 Å². The molecular weight excluding hydrogens is 697 g/mol. The number of non-ortho nitro benzene ring substituents is 1. The zero-order chi connectivity index (χ0) is 39.5. The molecule has 12 heteroatoms. The smallest absolute Gasteiger partial charge is 0.305 e. The van der Waals surface area contributed by atoms with Gasteiger partial charge < -0.3 is 19.5 Å². The van der Waals surface area contributed by atoms with E-state index >= 15 is 0 Å². The van der Waals surface area contributed by atoms with E-state index in [0.29, 0.717) is 53.8 Å². The summed E-state index contributed by atoms with van der Waals surface area (Å²) >= 11 is 0. The highest BCUT2D eigenvalue weighted by Gasteiger charge is 2.12. The van der Waals surface area contributed by atoms with Gasteiger partial charge in [-0.1, -0.05) is 115 Å². The zero-order valence-electron chi connectivity index (χ0n) is 33.5. The Morgan fingerprint density at radius 2 is 1.11 bits per heavy atom. The Hall–Kier alpha value is -4.71. The van der Waals surface area contributed by atoms with Crippen molar-refractivity contribution in [1.29, 1.82) is 0 Å². The van der Waals surface area contributed by atoms with Crippen LogP contribution in [0, 0.1) is 10.1 Å². The maximum atomic E-state index is 12.2. The lowest BCUT2D eigenvalue weighted by Crippen LogP contribution is -2.24. The van der Waals surface area contributed by atoms with Gasteiger partial charge in [-0.05, 0) is 43.2 Å². The molecule has 0 aliphatic carbocycles. The molecule has 0 amide bonds. The van der Waals surface area contributed by atoms with E-state index in [1.807, 2.05) is 24.3 Å². The largest absolute Gasteiger partial charge is 0.494 e. The fourth-order valence-corrected chi connectivity index (χ4v) is 6.16. The first kappa shape index (κ1) is 44.7. The number of hydrogen-bond acceptors (Lipinski definition) is 11. The van der Waals surface area contributed by atoms with Gasteiger partial charge in [-0.25, -0.2) is 0 Å². The third kappa shape index (κ3) is 18.0. The average Bonchev–Trinajstić information content (AvgIpc) is 3.20. The van der Waals surface area contributed by atoms with Crippen LogP contribution in [0.5, 0.6) is 11.5 Å². The minimum absolute atomic E-state index is 0.0288. The van der Waals surface area contributed by atoms with Gasteiger partial charge in [0, 0.05) is 43.3 Å². The van der Waals surface area contributed by atoms with Crippen molar-refractivity contribution in [1.82, 2.24) is 5.32 Å². The molecule has 0 aliphatic rings. The number of esters is 1. The van der Waals surface area contributed by atoms with Gasteiger partial charge in [0.15, 0.2) is 0 Å². The maximum Gasteiger partial charge on any atom is 0.305 e. The number of ether oxygens (including phenoxy) is 3. The van der Waals surface area contributed by atoms with E-state index in [-0.39, 0.29) is 17.7 Å². The first-order valence-corrected chi connectivity index (χ1v) is 20.2. The number of nitrogens with one attached hydrogen (secondary N) is 1. The quantitative estimate of drug-likeness (QED) is 0.0243. The molecule has 12 nitrogen and oxygen atoms in total. The number of azo groups is 2. The van der Waals surface area contributed by atoms with E-state index < -0.39 is 4.92 Å². The molecule has 0 heterocycles. The Morgan fingerprint density at radius 3 is 1.55 bits per heavy atom. The van der Waals surface area contributed by atoms with Gasteiger partial charge in [-0.3, -0.25) is 14.9 Å². The van der Waals surface area contributed by atoms with Crippen molar-refractivity contribution in [3.63, 3.8) is 0 Å². The molecule has 1 unspecified atom stereocenters. The molecule has 1 N–H and O–H groups in total. The summed E-state index contributed by atoms with van der Waals surface area (Å²) < 4.78 is 16.5. The number of nitro groups is 1. The van der Waals surface area contributed by atoms with Crippen LogP contribution in [0.4, 0.5) is 28.4 Å². The van der Waals surface area contributed by atoms with E-state index in [1.165, 1.54) is 128 Å². The van der Waals surface area contributed by atoms with Gasteiger partial charge in [0.2, 0.25) is 0 Å². The van der Waals surface area contributed by atoms with Crippen LogP contribution in [0.25, 0.3) is 0 Å². The highest BCUT2D eigenvalue weighted by molar-refractivity contribution is 5.69. The van der Waals surface area contributed by atoms with Gasteiger partial charge >= 0.3 is 5.97 Å². The van der Waals surface area contributed by atoms with E-state index in [4.69, 9.17) is 14.2 Å². The van der Waals surface area contributed by atoms with Gasteiger partial charge in [0.1, 0.15) is 29.5 Å². The van der Waals surface area contributed by atoms with Crippen LogP contribution in [0.15, 0.2) is 81.1 Å². The summed E-state index contributed by atoms with van der Waals surface area (Å²) in [6.07, 6.45) is 21.5. The molecule has 300 valence electrons. The summed E-state index contributed by atoms with van der Waals surface area (Å²) in [5, 5.41) is 31.5. The minimum Gasteiger partial charge on any atom is -0.494 e. The summed E-state index contributed by atoms with van der Waals surface area (Å²) in [7, 11) is 3.03. The first-order valence-electron chi connectivity index (χ1n) is 20.2. The van der Waals surface area contributed by atoms with Crippen LogP contribution in [-0.2, 0) is 9.53 Å². The van der Waals surface area contributed by atoms with Crippen molar-refractivity contribution in [3.05, 3.63) is 76.3 Å². The molecule has 3 aromatic carbocycles. The molecule has 0 fully saturated rings. The van der Waals surface area contributed by atoms with Gasteiger partial charge in [0.05, 0.1) is 30.5 Å². The summed E-state index contributed by atoms with van der Waals surface area (Å²) in [6.45, 7) is 5.25. The Labute approximate surface area is 327 Å². The van der Waals surface area contributed by atoms with E-state index in [0.717, 1.165) is 18.4 Å². The van der Waals surface area contributed by atoms with Crippen LogP contribution in [0.2, 0.25) is 0 Å². The topological polar surface area (TPSA) is 149 Å². The highest BCUT2D eigenvalue weighted by Crippen LogP contribution is 2.41. The molecule has 0 saturated heterocycles. The molecule has 0 radical (unpaired) electrons. The predicted octanol–water partition coefficient (Wildman–Crippen LogP) is 13.3. The fraction of sp³-hybridized carbons (Fsp3) is 0.558. The molecule has 0 saturated carbocycles. The standard InChI is InChI=1S/C43H62N6O6/c1-5-6-7-8-9-10-11-12-13-14-15-16-17-18-19-20-21-43(50)55-31-30-44-34(2)35-22-24-36(25-23-35)45-47-39-32-42(54-4)40(33-41(39)53-3)48-46-37-26-28-38(29-27-37)49(51)52/h22-29,32-34,44H,5-21,30-31H2,1-4H3/b47-45+,48-46+. The minimum atomic E-state index is -0.473. The summed E-state index contributed by atoms with van der Waals surface area (Å²) in [6, 6.07) is 16.8. The lowest BCUT2D eigenvalue weighted by atomic mass is 10.0. The summed E-state index contributed by atoms with van der Waals surface area (Å²) in [4.78, 5) is 22.6. The third-order valence-corrected chi connectivity index (χ3v) is 9.53. The number of nitro benzene ring substituents is 1. The van der Waals surface area contributed by atoms with Gasteiger partial charge in [-0.2, -0.15) is 10.2 Å². The van der Waals surface area contributed by atoms with Crippen molar-refractivity contribution >= 4 is 34.4 Å². The van der Waals surface area contributed by atoms with E-state index in [2.05, 4.69) is 39.6 Å². The average molecular weight is 759 g/mol. The summed E-state index contributed by atoms with van der Waals surface area (Å²) in [5.74, 6) is 0.703. The summed E-state index contributed by atoms with van der Waals surface area (Å²) in [5.41, 5.74) is 2.98. The van der Waals surface area contributed by atoms with Crippen molar-refractivity contribution < 1.29 is 23.9 Å². The Balaban J connectivity index is 1.30. The van der Waals surface area contributed by atoms with E-state index in [1.54, 1.807) is 12.1 Å². The number of benzene rings is 3. The van der Waals surface area contributed by atoms with Crippen molar-refractivity contribution in [3.8, 4) is 11.5 Å². The molecular formula is C43H62N6O6.